The number of likely N-dealkylation sites (N-methyl/N-ethyl adjacent to an activating group) is 1. The predicted molar refractivity (Wildman–Crippen MR) is 82.7 cm³/mol. The van der Waals surface area contributed by atoms with Crippen molar-refractivity contribution >= 4 is 0 Å². The zero-order chi connectivity index (χ0) is 14.1. The number of hydrogen-bond donors (Lipinski definition) is 1. The van der Waals surface area contributed by atoms with E-state index >= 15 is 0 Å². The van der Waals surface area contributed by atoms with E-state index in [1.807, 2.05) is 0 Å². The molecule has 0 radical (unpaired) electrons. The molecule has 1 aromatic rings. The van der Waals surface area contributed by atoms with Crippen LogP contribution in [0.3, 0.4) is 0 Å². The van der Waals surface area contributed by atoms with E-state index in [1.54, 1.807) is 0 Å². The van der Waals surface area contributed by atoms with Crippen LogP contribution in [-0.4, -0.2) is 25.3 Å². The molecular formula is C17H29NO. The molecule has 0 aliphatic rings. The number of benzene rings is 1. The molecule has 2 unspecified atom stereocenters. The summed E-state index contributed by atoms with van der Waals surface area (Å²) in [5.74, 6) is 0. The Kier molecular flexibility index (Phi) is 7.76. The topological polar surface area (TPSA) is 21.3 Å². The number of ether oxygens (including phenoxy) is 1. The molecule has 0 fully saturated rings. The SMILES string of the molecule is CCCC(OCC)C(Cc1ccccc1C)NCC. The molecule has 0 heterocycles. The van der Waals surface area contributed by atoms with Gasteiger partial charge in [0.2, 0.25) is 0 Å². The molecule has 0 bridgehead atoms. The minimum Gasteiger partial charge on any atom is -0.377 e. The average molecular weight is 263 g/mol. The van der Waals surface area contributed by atoms with E-state index in [0.29, 0.717) is 12.1 Å². The minimum absolute atomic E-state index is 0.314. The Hall–Kier alpha value is -0.860. The lowest BCUT2D eigenvalue weighted by Crippen LogP contribution is -2.43. The summed E-state index contributed by atoms with van der Waals surface area (Å²) in [4.78, 5) is 0. The van der Waals surface area contributed by atoms with Crippen LogP contribution in [0.5, 0.6) is 0 Å². The van der Waals surface area contributed by atoms with Crippen molar-refractivity contribution in [3.8, 4) is 0 Å². The fourth-order valence-corrected chi connectivity index (χ4v) is 2.57. The van der Waals surface area contributed by atoms with Crippen LogP contribution in [-0.2, 0) is 11.2 Å². The van der Waals surface area contributed by atoms with Gasteiger partial charge < -0.3 is 10.1 Å². The third-order valence-corrected chi connectivity index (χ3v) is 3.57. The number of rotatable bonds is 9. The molecule has 1 aromatic carbocycles. The molecule has 0 amide bonds. The van der Waals surface area contributed by atoms with Gasteiger partial charge in [0.05, 0.1) is 6.10 Å². The van der Waals surface area contributed by atoms with Gasteiger partial charge in [0, 0.05) is 12.6 Å². The first-order valence-corrected chi connectivity index (χ1v) is 7.62. The molecule has 0 saturated carbocycles. The predicted octanol–water partition coefficient (Wildman–Crippen LogP) is 3.72. The number of hydrogen-bond acceptors (Lipinski definition) is 2. The highest BCUT2D eigenvalue weighted by Crippen LogP contribution is 2.16. The molecule has 1 N–H and O–H groups in total. The van der Waals surface area contributed by atoms with E-state index < -0.39 is 0 Å². The summed E-state index contributed by atoms with van der Waals surface area (Å²) >= 11 is 0. The van der Waals surface area contributed by atoms with Crippen LogP contribution in [0, 0.1) is 6.92 Å². The second kappa shape index (κ2) is 9.11. The van der Waals surface area contributed by atoms with Crippen molar-refractivity contribution in [3.63, 3.8) is 0 Å². The molecule has 2 heteroatoms. The molecule has 0 aliphatic heterocycles. The van der Waals surface area contributed by atoms with Crippen molar-refractivity contribution in [2.45, 2.75) is 59.1 Å². The van der Waals surface area contributed by atoms with E-state index in [4.69, 9.17) is 4.74 Å². The van der Waals surface area contributed by atoms with E-state index in [2.05, 4.69) is 57.3 Å². The van der Waals surface area contributed by atoms with Crippen LogP contribution in [0.2, 0.25) is 0 Å². The lowest BCUT2D eigenvalue weighted by atomic mass is 9.95. The number of aryl methyl sites for hydroxylation is 1. The quantitative estimate of drug-likeness (QED) is 0.733. The van der Waals surface area contributed by atoms with Gasteiger partial charge >= 0.3 is 0 Å². The van der Waals surface area contributed by atoms with Gasteiger partial charge in [0.25, 0.3) is 0 Å². The van der Waals surface area contributed by atoms with Crippen LogP contribution in [0.15, 0.2) is 24.3 Å². The monoisotopic (exact) mass is 263 g/mol. The van der Waals surface area contributed by atoms with E-state index in [1.165, 1.54) is 17.5 Å². The first kappa shape index (κ1) is 16.2. The first-order valence-electron chi connectivity index (χ1n) is 7.62. The Morgan fingerprint density at radius 1 is 1.16 bits per heavy atom. The van der Waals surface area contributed by atoms with Gasteiger partial charge in [-0.05, 0) is 44.4 Å². The smallest absolute Gasteiger partial charge is 0.0731 e. The second-order valence-electron chi connectivity index (χ2n) is 5.08. The van der Waals surface area contributed by atoms with Crippen molar-refractivity contribution in [1.29, 1.82) is 0 Å². The van der Waals surface area contributed by atoms with Crippen molar-refractivity contribution < 1.29 is 4.74 Å². The Bertz CT molecular complexity index is 345. The zero-order valence-electron chi connectivity index (χ0n) is 12.9. The van der Waals surface area contributed by atoms with Crippen molar-refractivity contribution in [2.75, 3.05) is 13.2 Å². The maximum absolute atomic E-state index is 5.95. The van der Waals surface area contributed by atoms with E-state index in [0.717, 1.165) is 26.0 Å². The lowest BCUT2D eigenvalue weighted by Gasteiger charge is -2.28. The largest absolute Gasteiger partial charge is 0.377 e. The maximum atomic E-state index is 5.95. The highest BCUT2D eigenvalue weighted by Gasteiger charge is 2.21. The molecular weight excluding hydrogens is 234 g/mol. The lowest BCUT2D eigenvalue weighted by molar-refractivity contribution is 0.0285. The van der Waals surface area contributed by atoms with Gasteiger partial charge in [-0.25, -0.2) is 0 Å². The van der Waals surface area contributed by atoms with Gasteiger partial charge in [-0.3, -0.25) is 0 Å². The van der Waals surface area contributed by atoms with Crippen LogP contribution in [0.1, 0.15) is 44.7 Å². The molecule has 0 aromatic heterocycles. The van der Waals surface area contributed by atoms with Gasteiger partial charge in [0.1, 0.15) is 0 Å². The van der Waals surface area contributed by atoms with Gasteiger partial charge in [0.15, 0.2) is 0 Å². The van der Waals surface area contributed by atoms with Crippen molar-refractivity contribution in [3.05, 3.63) is 35.4 Å². The Balaban J connectivity index is 2.77. The summed E-state index contributed by atoms with van der Waals surface area (Å²) in [5.41, 5.74) is 2.80. The molecule has 19 heavy (non-hydrogen) atoms. The summed E-state index contributed by atoms with van der Waals surface area (Å²) in [6.45, 7) is 10.4. The van der Waals surface area contributed by atoms with Crippen LogP contribution < -0.4 is 5.32 Å². The number of nitrogens with one attached hydrogen (secondary N) is 1. The van der Waals surface area contributed by atoms with Crippen LogP contribution >= 0.6 is 0 Å². The normalized spacial score (nSPS) is 14.3. The molecule has 108 valence electrons. The maximum Gasteiger partial charge on any atom is 0.0731 e. The summed E-state index contributed by atoms with van der Waals surface area (Å²) in [6, 6.07) is 9.06. The van der Waals surface area contributed by atoms with E-state index in [-0.39, 0.29) is 0 Å². The third-order valence-electron chi connectivity index (χ3n) is 3.57. The highest BCUT2D eigenvalue weighted by molar-refractivity contribution is 5.26. The Morgan fingerprint density at radius 3 is 2.47 bits per heavy atom. The Morgan fingerprint density at radius 2 is 1.89 bits per heavy atom. The molecule has 0 aliphatic carbocycles. The second-order valence-corrected chi connectivity index (χ2v) is 5.08. The molecule has 0 saturated heterocycles. The van der Waals surface area contributed by atoms with Gasteiger partial charge in [-0.2, -0.15) is 0 Å². The average Bonchev–Trinajstić information content (AvgIpc) is 2.40. The molecule has 0 spiro atoms. The summed E-state index contributed by atoms with van der Waals surface area (Å²) in [6.07, 6.45) is 3.65. The highest BCUT2D eigenvalue weighted by atomic mass is 16.5. The van der Waals surface area contributed by atoms with E-state index in [9.17, 15) is 0 Å². The van der Waals surface area contributed by atoms with Crippen molar-refractivity contribution in [1.82, 2.24) is 5.32 Å². The summed E-state index contributed by atoms with van der Waals surface area (Å²) in [5, 5.41) is 3.60. The minimum atomic E-state index is 0.314. The summed E-state index contributed by atoms with van der Waals surface area (Å²) in [7, 11) is 0. The molecule has 2 atom stereocenters. The van der Waals surface area contributed by atoms with Gasteiger partial charge in [-0.1, -0.05) is 44.5 Å². The first-order chi connectivity index (χ1) is 9.22. The fraction of sp³-hybridized carbons (Fsp3) is 0.647. The van der Waals surface area contributed by atoms with Crippen LogP contribution in [0.4, 0.5) is 0 Å². The molecule has 2 nitrogen and oxygen atoms in total. The van der Waals surface area contributed by atoms with Crippen molar-refractivity contribution in [2.24, 2.45) is 0 Å². The van der Waals surface area contributed by atoms with Gasteiger partial charge in [-0.15, -0.1) is 0 Å². The standard InChI is InChI=1S/C17H29NO/c1-5-10-17(19-7-3)16(18-6-2)13-15-12-9-8-11-14(15)4/h8-9,11-12,16-18H,5-7,10,13H2,1-4H3. The molecule has 1 rings (SSSR count). The Labute approximate surface area is 118 Å². The third kappa shape index (κ3) is 5.33. The summed E-state index contributed by atoms with van der Waals surface area (Å²) < 4.78 is 5.95. The zero-order valence-corrected chi connectivity index (χ0v) is 12.9. The fourth-order valence-electron chi connectivity index (χ4n) is 2.57. The van der Waals surface area contributed by atoms with Crippen LogP contribution in [0.25, 0.3) is 0 Å².